The van der Waals surface area contributed by atoms with E-state index in [1.807, 2.05) is 6.07 Å². The molecule has 2 amide bonds. The molecule has 1 atom stereocenters. The molecular weight excluding hydrogens is 252 g/mol. The number of rotatable bonds is 4. The fraction of sp³-hybridized carbons (Fsp3) is 0.500. The Balaban J connectivity index is 2.42. The Morgan fingerprint density at radius 2 is 1.75 bits per heavy atom. The zero-order chi connectivity index (χ0) is 14.7. The highest BCUT2D eigenvalue weighted by atomic mass is 16.2. The summed E-state index contributed by atoms with van der Waals surface area (Å²) in [5, 5.41) is 0. The van der Waals surface area contributed by atoms with Gasteiger partial charge in [0, 0.05) is 0 Å². The van der Waals surface area contributed by atoms with Gasteiger partial charge in [0.1, 0.15) is 0 Å². The van der Waals surface area contributed by atoms with Crippen molar-refractivity contribution in [3.05, 3.63) is 34.9 Å². The summed E-state index contributed by atoms with van der Waals surface area (Å²) in [6.45, 7) is 2.11. The number of nitrogens with two attached hydrogens (primary N) is 2. The minimum Gasteiger partial charge on any atom is -0.366 e. The number of hydrogen-bond donors (Lipinski definition) is 2. The maximum absolute atomic E-state index is 11.7. The number of carbonyl (C=O) groups excluding carboxylic acids is 2. The van der Waals surface area contributed by atoms with Crippen LogP contribution in [0.15, 0.2) is 18.2 Å². The highest BCUT2D eigenvalue weighted by molar-refractivity contribution is 6.07. The predicted octanol–water partition coefficient (Wildman–Crippen LogP) is 2.57. The molecule has 4 heteroatoms. The quantitative estimate of drug-likeness (QED) is 0.884. The number of carbonyl (C=O) groups is 2. The third-order valence-corrected chi connectivity index (χ3v) is 4.46. The lowest BCUT2D eigenvalue weighted by atomic mass is 9.76. The molecule has 1 aliphatic rings. The van der Waals surface area contributed by atoms with E-state index in [4.69, 9.17) is 11.5 Å². The zero-order valence-electron chi connectivity index (χ0n) is 11.9. The second-order valence-corrected chi connectivity index (χ2v) is 5.69. The minimum absolute atomic E-state index is 0.220. The lowest BCUT2D eigenvalue weighted by molar-refractivity contribution is 0.0965. The lowest BCUT2D eigenvalue weighted by Crippen LogP contribution is -2.25. The third-order valence-electron chi connectivity index (χ3n) is 4.46. The van der Waals surface area contributed by atoms with E-state index in [1.54, 1.807) is 12.1 Å². The number of hydrogen-bond acceptors (Lipinski definition) is 2. The molecule has 0 heterocycles. The molecule has 0 aliphatic heterocycles. The average molecular weight is 274 g/mol. The van der Waals surface area contributed by atoms with E-state index in [9.17, 15) is 9.59 Å². The first-order valence-corrected chi connectivity index (χ1v) is 7.25. The highest BCUT2D eigenvalue weighted by Crippen LogP contribution is 2.37. The summed E-state index contributed by atoms with van der Waals surface area (Å²) in [5.41, 5.74) is 12.2. The van der Waals surface area contributed by atoms with Crippen LogP contribution in [0, 0.1) is 5.92 Å². The molecule has 2 rings (SSSR count). The highest BCUT2D eigenvalue weighted by Gasteiger charge is 2.26. The summed E-state index contributed by atoms with van der Waals surface area (Å²) in [5.74, 6) is -0.407. The Morgan fingerprint density at radius 3 is 2.30 bits per heavy atom. The summed E-state index contributed by atoms with van der Waals surface area (Å²) < 4.78 is 0. The normalized spacial score (nSPS) is 17.6. The van der Waals surface area contributed by atoms with Crippen LogP contribution in [0.25, 0.3) is 0 Å². The second kappa shape index (κ2) is 6.07. The van der Waals surface area contributed by atoms with Crippen LogP contribution in [0.2, 0.25) is 0 Å². The van der Waals surface area contributed by atoms with Crippen LogP contribution in [-0.4, -0.2) is 11.8 Å². The van der Waals surface area contributed by atoms with Gasteiger partial charge in [0.15, 0.2) is 0 Å². The van der Waals surface area contributed by atoms with Gasteiger partial charge < -0.3 is 11.5 Å². The molecule has 4 N–H and O–H groups in total. The van der Waals surface area contributed by atoms with Gasteiger partial charge in [-0.1, -0.05) is 38.3 Å². The Kier molecular flexibility index (Phi) is 4.42. The van der Waals surface area contributed by atoms with E-state index in [2.05, 4.69) is 6.92 Å². The molecule has 1 aromatic carbocycles. The van der Waals surface area contributed by atoms with Crippen molar-refractivity contribution in [3.63, 3.8) is 0 Å². The Morgan fingerprint density at radius 1 is 1.10 bits per heavy atom. The molecule has 108 valence electrons. The smallest absolute Gasteiger partial charge is 0.249 e. The van der Waals surface area contributed by atoms with Gasteiger partial charge in [-0.25, -0.2) is 0 Å². The molecule has 1 aromatic rings. The predicted molar refractivity (Wildman–Crippen MR) is 78.5 cm³/mol. The largest absolute Gasteiger partial charge is 0.366 e. The summed E-state index contributed by atoms with van der Waals surface area (Å²) in [4.78, 5) is 23.2. The summed E-state index contributed by atoms with van der Waals surface area (Å²) in [6, 6.07) is 5.24. The molecule has 0 saturated heterocycles. The van der Waals surface area contributed by atoms with Crippen molar-refractivity contribution >= 4 is 11.8 Å². The standard InChI is InChI=1S/C16H22N2O2/c1-10(11-6-3-2-4-7-11)12-8-5-9-13(15(17)19)14(12)16(18)20/h5,8-11H,2-4,6-7H2,1H3,(H2,17,19)(H2,18,20)/t10-/m0/s1. The van der Waals surface area contributed by atoms with Crippen LogP contribution < -0.4 is 11.5 Å². The fourth-order valence-corrected chi connectivity index (χ4v) is 3.32. The number of benzene rings is 1. The van der Waals surface area contributed by atoms with Crippen LogP contribution >= 0.6 is 0 Å². The third kappa shape index (κ3) is 2.84. The molecule has 4 nitrogen and oxygen atoms in total. The molecule has 0 bridgehead atoms. The fourth-order valence-electron chi connectivity index (χ4n) is 3.32. The Hall–Kier alpha value is -1.84. The maximum atomic E-state index is 11.7. The zero-order valence-corrected chi connectivity index (χ0v) is 11.9. The van der Waals surface area contributed by atoms with Crippen LogP contribution in [-0.2, 0) is 0 Å². The van der Waals surface area contributed by atoms with Gasteiger partial charge in [0.05, 0.1) is 11.1 Å². The second-order valence-electron chi connectivity index (χ2n) is 5.69. The molecule has 0 aromatic heterocycles. The monoisotopic (exact) mass is 274 g/mol. The SMILES string of the molecule is C[C@H](c1cccc(C(N)=O)c1C(N)=O)C1CCCCC1. The van der Waals surface area contributed by atoms with Crippen LogP contribution in [0.4, 0.5) is 0 Å². The van der Waals surface area contributed by atoms with Crippen molar-refractivity contribution in [2.75, 3.05) is 0 Å². The molecule has 0 spiro atoms. The summed E-state index contributed by atoms with van der Waals surface area (Å²) in [6.07, 6.45) is 6.08. The van der Waals surface area contributed by atoms with Gasteiger partial charge in [-0.2, -0.15) is 0 Å². The number of amides is 2. The van der Waals surface area contributed by atoms with Crippen molar-refractivity contribution in [1.29, 1.82) is 0 Å². The van der Waals surface area contributed by atoms with E-state index in [-0.39, 0.29) is 11.5 Å². The Labute approximate surface area is 119 Å². The first-order chi connectivity index (χ1) is 9.52. The topological polar surface area (TPSA) is 86.2 Å². The van der Waals surface area contributed by atoms with Crippen molar-refractivity contribution in [1.82, 2.24) is 0 Å². The maximum Gasteiger partial charge on any atom is 0.249 e. The van der Waals surface area contributed by atoms with Crippen molar-refractivity contribution in [2.24, 2.45) is 17.4 Å². The van der Waals surface area contributed by atoms with Crippen molar-refractivity contribution in [2.45, 2.75) is 44.9 Å². The minimum atomic E-state index is -0.600. The van der Waals surface area contributed by atoms with Crippen molar-refractivity contribution in [3.8, 4) is 0 Å². The molecule has 0 unspecified atom stereocenters. The van der Waals surface area contributed by atoms with Crippen LogP contribution in [0.3, 0.4) is 0 Å². The van der Waals surface area contributed by atoms with Gasteiger partial charge in [0.25, 0.3) is 0 Å². The van der Waals surface area contributed by atoms with E-state index < -0.39 is 11.8 Å². The molecule has 1 aliphatic carbocycles. The molecule has 1 saturated carbocycles. The molecule has 1 fully saturated rings. The van der Waals surface area contributed by atoms with Crippen LogP contribution in [0.1, 0.15) is 71.2 Å². The van der Waals surface area contributed by atoms with Gasteiger partial charge in [0.2, 0.25) is 11.8 Å². The molecular formula is C16H22N2O2. The van der Waals surface area contributed by atoms with Gasteiger partial charge in [-0.3, -0.25) is 9.59 Å². The summed E-state index contributed by atoms with van der Waals surface area (Å²) >= 11 is 0. The van der Waals surface area contributed by atoms with Gasteiger partial charge in [-0.05, 0) is 36.3 Å². The van der Waals surface area contributed by atoms with Crippen LogP contribution in [0.5, 0.6) is 0 Å². The van der Waals surface area contributed by atoms with Gasteiger partial charge >= 0.3 is 0 Å². The molecule has 0 radical (unpaired) electrons. The van der Waals surface area contributed by atoms with E-state index in [0.717, 1.165) is 5.56 Å². The number of primary amides is 2. The van der Waals surface area contributed by atoms with E-state index >= 15 is 0 Å². The molecule has 20 heavy (non-hydrogen) atoms. The van der Waals surface area contributed by atoms with Gasteiger partial charge in [-0.15, -0.1) is 0 Å². The first-order valence-electron chi connectivity index (χ1n) is 7.25. The van der Waals surface area contributed by atoms with Crippen molar-refractivity contribution < 1.29 is 9.59 Å². The van der Waals surface area contributed by atoms with E-state index in [1.165, 1.54) is 32.1 Å². The van der Waals surface area contributed by atoms with E-state index in [0.29, 0.717) is 11.5 Å². The lowest BCUT2D eigenvalue weighted by Gasteiger charge is -2.29. The summed E-state index contributed by atoms with van der Waals surface area (Å²) in [7, 11) is 0. The first kappa shape index (κ1) is 14.6. The Bertz CT molecular complexity index is 519. The average Bonchev–Trinajstić information content (AvgIpc) is 2.46.